The number of benzene rings is 3. The van der Waals surface area contributed by atoms with Crippen molar-refractivity contribution in [3.63, 3.8) is 0 Å². The van der Waals surface area contributed by atoms with Crippen molar-refractivity contribution in [2.75, 3.05) is 11.9 Å². The van der Waals surface area contributed by atoms with Crippen LogP contribution in [0.25, 0.3) is 0 Å². The number of ether oxygens (including phenoxy) is 2. The van der Waals surface area contributed by atoms with E-state index in [1.165, 1.54) is 23.3 Å². The molecule has 3 aromatic rings. The summed E-state index contributed by atoms with van der Waals surface area (Å²) in [6, 6.07) is 18.6. The zero-order valence-electron chi connectivity index (χ0n) is 17.5. The minimum Gasteiger partial charge on any atom is -0.490 e. The molecule has 1 N–H and O–H groups in total. The van der Waals surface area contributed by atoms with Gasteiger partial charge < -0.3 is 14.8 Å². The molecule has 3 aromatic carbocycles. The minimum atomic E-state index is -0.414. The SMILES string of the molecule is CCOc1cc(CNc2cc(C)ccc2C)ccc1OCc1ccc([N+](=O)[O-])cc1. The fourth-order valence-corrected chi connectivity index (χ4v) is 3.05. The van der Waals surface area contributed by atoms with Gasteiger partial charge in [0.25, 0.3) is 5.69 Å². The van der Waals surface area contributed by atoms with Crippen LogP contribution in [0.2, 0.25) is 0 Å². The van der Waals surface area contributed by atoms with Crippen LogP contribution in [0.15, 0.2) is 60.7 Å². The summed E-state index contributed by atoms with van der Waals surface area (Å²) in [4.78, 5) is 10.4. The first-order valence-electron chi connectivity index (χ1n) is 9.89. The summed E-state index contributed by atoms with van der Waals surface area (Å²) in [5.41, 5.74) is 5.54. The van der Waals surface area contributed by atoms with Gasteiger partial charge in [0.15, 0.2) is 11.5 Å². The summed E-state index contributed by atoms with van der Waals surface area (Å²) in [5.74, 6) is 1.32. The lowest BCUT2D eigenvalue weighted by atomic mass is 10.1. The maximum absolute atomic E-state index is 10.8. The van der Waals surface area contributed by atoms with E-state index in [1.54, 1.807) is 12.1 Å². The molecule has 0 amide bonds. The van der Waals surface area contributed by atoms with Crippen molar-refractivity contribution >= 4 is 11.4 Å². The lowest BCUT2D eigenvalue weighted by Gasteiger charge is -2.15. The summed E-state index contributed by atoms with van der Waals surface area (Å²) >= 11 is 0. The van der Waals surface area contributed by atoms with Crippen molar-refractivity contribution in [3.8, 4) is 11.5 Å². The molecule has 0 fully saturated rings. The lowest BCUT2D eigenvalue weighted by Crippen LogP contribution is -2.04. The predicted octanol–water partition coefficient (Wildman–Crippen LogP) is 5.80. The second-order valence-corrected chi connectivity index (χ2v) is 7.10. The molecule has 0 aliphatic rings. The van der Waals surface area contributed by atoms with Crippen LogP contribution in [-0.2, 0) is 13.2 Å². The molecule has 0 unspecified atom stereocenters. The molecule has 0 radical (unpaired) electrons. The maximum atomic E-state index is 10.8. The molecule has 0 bridgehead atoms. The van der Waals surface area contributed by atoms with E-state index in [-0.39, 0.29) is 5.69 Å². The quantitative estimate of drug-likeness (QED) is 0.359. The van der Waals surface area contributed by atoms with Gasteiger partial charge in [0, 0.05) is 24.4 Å². The van der Waals surface area contributed by atoms with Crippen molar-refractivity contribution in [1.82, 2.24) is 0 Å². The molecule has 0 aliphatic heterocycles. The summed E-state index contributed by atoms with van der Waals surface area (Å²) in [5, 5.41) is 14.3. The number of anilines is 1. The molecule has 0 heterocycles. The third-order valence-corrected chi connectivity index (χ3v) is 4.73. The van der Waals surface area contributed by atoms with Crippen LogP contribution in [0.3, 0.4) is 0 Å². The topological polar surface area (TPSA) is 73.6 Å². The first kappa shape index (κ1) is 21.2. The smallest absolute Gasteiger partial charge is 0.269 e. The Labute approximate surface area is 176 Å². The van der Waals surface area contributed by atoms with E-state index in [4.69, 9.17) is 9.47 Å². The molecular weight excluding hydrogens is 380 g/mol. The van der Waals surface area contributed by atoms with Crippen LogP contribution in [0.4, 0.5) is 11.4 Å². The molecule has 0 atom stereocenters. The molecule has 0 saturated carbocycles. The van der Waals surface area contributed by atoms with Gasteiger partial charge in [0.1, 0.15) is 6.61 Å². The fourth-order valence-electron chi connectivity index (χ4n) is 3.05. The summed E-state index contributed by atoms with van der Waals surface area (Å²) in [7, 11) is 0. The van der Waals surface area contributed by atoms with Crippen molar-refractivity contribution in [2.24, 2.45) is 0 Å². The highest BCUT2D eigenvalue weighted by Crippen LogP contribution is 2.30. The van der Waals surface area contributed by atoms with E-state index in [0.717, 1.165) is 16.8 Å². The number of hydrogen-bond donors (Lipinski definition) is 1. The molecule has 0 spiro atoms. The van der Waals surface area contributed by atoms with Crippen LogP contribution in [0.1, 0.15) is 29.2 Å². The largest absolute Gasteiger partial charge is 0.490 e. The number of nitrogens with zero attached hydrogens (tertiary/aromatic N) is 1. The molecule has 6 nitrogen and oxygen atoms in total. The Morgan fingerprint density at radius 3 is 2.33 bits per heavy atom. The third-order valence-electron chi connectivity index (χ3n) is 4.73. The first-order valence-corrected chi connectivity index (χ1v) is 9.89. The molecule has 3 rings (SSSR count). The monoisotopic (exact) mass is 406 g/mol. The molecule has 0 aromatic heterocycles. The molecule has 6 heteroatoms. The highest BCUT2D eigenvalue weighted by Gasteiger charge is 2.09. The predicted molar refractivity (Wildman–Crippen MR) is 118 cm³/mol. The molecular formula is C24H26N2O4. The van der Waals surface area contributed by atoms with E-state index in [0.29, 0.717) is 31.3 Å². The second-order valence-electron chi connectivity index (χ2n) is 7.10. The Bertz CT molecular complexity index is 1020. The summed E-state index contributed by atoms with van der Waals surface area (Å²) in [6.07, 6.45) is 0. The molecule has 0 saturated heterocycles. The van der Waals surface area contributed by atoms with Gasteiger partial charge in [-0.2, -0.15) is 0 Å². The normalized spacial score (nSPS) is 10.5. The molecule has 30 heavy (non-hydrogen) atoms. The molecule has 156 valence electrons. The van der Waals surface area contributed by atoms with E-state index in [2.05, 4.69) is 37.4 Å². The highest BCUT2D eigenvalue weighted by molar-refractivity contribution is 5.53. The van der Waals surface area contributed by atoms with Crippen molar-refractivity contribution < 1.29 is 14.4 Å². The van der Waals surface area contributed by atoms with Gasteiger partial charge in [0.2, 0.25) is 0 Å². The zero-order chi connectivity index (χ0) is 21.5. The average molecular weight is 406 g/mol. The number of hydrogen-bond acceptors (Lipinski definition) is 5. The van der Waals surface area contributed by atoms with Crippen molar-refractivity contribution in [2.45, 2.75) is 33.9 Å². The van der Waals surface area contributed by atoms with Gasteiger partial charge in [-0.15, -0.1) is 0 Å². The van der Waals surface area contributed by atoms with Gasteiger partial charge in [-0.1, -0.05) is 18.2 Å². The number of nitro benzene ring substituents is 1. The Morgan fingerprint density at radius 2 is 1.63 bits per heavy atom. The van der Waals surface area contributed by atoms with Crippen LogP contribution < -0.4 is 14.8 Å². The van der Waals surface area contributed by atoms with Gasteiger partial charge >= 0.3 is 0 Å². The average Bonchev–Trinajstić information content (AvgIpc) is 2.74. The zero-order valence-corrected chi connectivity index (χ0v) is 17.5. The second kappa shape index (κ2) is 9.78. The standard InChI is InChI=1S/C24H26N2O4/c1-4-29-24-14-20(15-25-22-13-17(2)5-6-18(22)3)9-12-23(24)30-16-19-7-10-21(11-8-19)26(27)28/h5-14,25H,4,15-16H2,1-3H3. The number of aryl methyl sites for hydroxylation is 2. The number of nitrogens with one attached hydrogen (secondary N) is 1. The fraction of sp³-hybridized carbons (Fsp3) is 0.250. The Kier molecular flexibility index (Phi) is 6.91. The van der Waals surface area contributed by atoms with Gasteiger partial charge in [-0.25, -0.2) is 0 Å². The van der Waals surface area contributed by atoms with Gasteiger partial charge in [-0.05, 0) is 73.4 Å². The van der Waals surface area contributed by atoms with Gasteiger partial charge in [0.05, 0.1) is 11.5 Å². The molecule has 0 aliphatic carbocycles. The van der Waals surface area contributed by atoms with Gasteiger partial charge in [-0.3, -0.25) is 10.1 Å². The highest BCUT2D eigenvalue weighted by atomic mass is 16.6. The Balaban J connectivity index is 1.68. The van der Waals surface area contributed by atoms with E-state index in [9.17, 15) is 10.1 Å². The van der Waals surface area contributed by atoms with Crippen LogP contribution >= 0.6 is 0 Å². The van der Waals surface area contributed by atoms with E-state index in [1.807, 2.05) is 25.1 Å². The number of non-ortho nitro benzene ring substituents is 1. The Morgan fingerprint density at radius 1 is 0.900 bits per heavy atom. The van der Waals surface area contributed by atoms with Crippen LogP contribution in [-0.4, -0.2) is 11.5 Å². The van der Waals surface area contributed by atoms with Crippen molar-refractivity contribution in [1.29, 1.82) is 0 Å². The summed E-state index contributed by atoms with van der Waals surface area (Å²) < 4.78 is 11.7. The number of rotatable bonds is 9. The van der Waals surface area contributed by atoms with Crippen LogP contribution in [0, 0.1) is 24.0 Å². The first-order chi connectivity index (χ1) is 14.5. The maximum Gasteiger partial charge on any atom is 0.269 e. The lowest BCUT2D eigenvalue weighted by molar-refractivity contribution is -0.384. The summed E-state index contributed by atoms with van der Waals surface area (Å²) in [6.45, 7) is 7.60. The Hall–Kier alpha value is -3.54. The van der Waals surface area contributed by atoms with Crippen molar-refractivity contribution in [3.05, 3.63) is 93.0 Å². The van der Waals surface area contributed by atoms with E-state index < -0.39 is 4.92 Å². The third kappa shape index (κ3) is 5.50. The minimum absolute atomic E-state index is 0.0643. The van der Waals surface area contributed by atoms with Crippen LogP contribution in [0.5, 0.6) is 11.5 Å². The van der Waals surface area contributed by atoms with E-state index >= 15 is 0 Å². The number of nitro groups is 1.